The summed E-state index contributed by atoms with van der Waals surface area (Å²) in [5.74, 6) is -0.299. The number of rotatable bonds is 10. The maximum Gasteiger partial charge on any atom is 0.406 e. The smallest absolute Gasteiger partial charge is 0.406 e. The number of nitrogens with zero attached hydrogens (tertiary/aromatic N) is 2. The first-order chi connectivity index (χ1) is 18.9. The minimum Gasteiger partial charge on any atom is -0.490 e. The van der Waals surface area contributed by atoms with Crippen molar-refractivity contribution in [2.45, 2.75) is 19.6 Å². The van der Waals surface area contributed by atoms with Crippen LogP contribution >= 0.6 is 46.4 Å². The van der Waals surface area contributed by atoms with Crippen LogP contribution < -0.4 is 9.47 Å². The van der Waals surface area contributed by atoms with Gasteiger partial charge in [0.2, 0.25) is 0 Å². The summed E-state index contributed by atoms with van der Waals surface area (Å²) in [5, 5.41) is 10.5. The third-order valence-corrected chi connectivity index (χ3v) is 6.75. The normalized spacial score (nSPS) is 11.6. The fourth-order valence-corrected chi connectivity index (χ4v) is 4.64. The molecule has 0 saturated heterocycles. The Morgan fingerprint density at radius 2 is 1.60 bits per heavy atom. The fourth-order valence-electron chi connectivity index (χ4n) is 3.56. The van der Waals surface area contributed by atoms with Crippen molar-refractivity contribution in [1.29, 1.82) is 5.26 Å². The Kier molecular flexibility index (Phi) is 11.0. The number of nitriles is 1. The first-order valence-corrected chi connectivity index (χ1v) is 13.1. The van der Waals surface area contributed by atoms with E-state index < -0.39 is 30.7 Å². The zero-order chi connectivity index (χ0) is 29.4. The number of aryl methyl sites for hydroxylation is 1. The van der Waals surface area contributed by atoms with Crippen molar-refractivity contribution in [3.63, 3.8) is 0 Å². The molecule has 5 nitrogen and oxygen atoms in total. The van der Waals surface area contributed by atoms with E-state index in [2.05, 4.69) is 0 Å². The summed E-state index contributed by atoms with van der Waals surface area (Å²) in [6.07, 6.45) is -3.51. The highest BCUT2D eigenvalue weighted by atomic mass is 35.5. The first kappa shape index (κ1) is 31.4. The van der Waals surface area contributed by atoms with E-state index in [-0.39, 0.29) is 28.8 Å². The average molecular weight is 632 g/mol. The van der Waals surface area contributed by atoms with Crippen molar-refractivity contribution in [1.82, 2.24) is 4.90 Å². The lowest BCUT2D eigenvalue weighted by Gasteiger charge is -2.24. The molecule has 0 aromatic heterocycles. The summed E-state index contributed by atoms with van der Waals surface area (Å²) in [6.45, 7) is 0.0971. The summed E-state index contributed by atoms with van der Waals surface area (Å²) in [7, 11) is 0. The Bertz CT molecular complexity index is 1420. The van der Waals surface area contributed by atoms with Crippen LogP contribution in [0, 0.1) is 18.3 Å². The van der Waals surface area contributed by atoms with Gasteiger partial charge in [-0.25, -0.2) is 0 Å². The molecule has 0 aliphatic carbocycles. The second-order valence-corrected chi connectivity index (χ2v) is 10.1. The van der Waals surface area contributed by atoms with Crippen molar-refractivity contribution < 1.29 is 27.4 Å². The van der Waals surface area contributed by atoms with Crippen molar-refractivity contribution in [2.75, 3.05) is 19.8 Å². The van der Waals surface area contributed by atoms with Crippen LogP contribution in [0.25, 0.3) is 6.08 Å². The molecule has 3 rings (SSSR count). The van der Waals surface area contributed by atoms with Gasteiger partial charge in [0.05, 0.1) is 20.1 Å². The van der Waals surface area contributed by atoms with Gasteiger partial charge < -0.3 is 14.4 Å². The van der Waals surface area contributed by atoms with E-state index in [4.69, 9.17) is 55.9 Å². The maximum atomic E-state index is 13.3. The Hall–Kier alpha value is -3.09. The molecule has 0 N–H and O–H groups in total. The second kappa shape index (κ2) is 14.0. The highest BCUT2D eigenvalue weighted by Crippen LogP contribution is 2.34. The van der Waals surface area contributed by atoms with Crippen LogP contribution in [0.1, 0.15) is 16.7 Å². The van der Waals surface area contributed by atoms with E-state index in [0.29, 0.717) is 32.0 Å². The third-order valence-electron chi connectivity index (χ3n) is 5.33. The van der Waals surface area contributed by atoms with Crippen molar-refractivity contribution in [3.05, 3.63) is 97.0 Å². The standard InChI is InChI=1S/C28H21Cl4F3N2O3/c1-17-11-23(30)26(24(31)12-17)40-10-9-39-21-7-5-18(6-8-21)13-20(14-36)27(38)37(16-28(33,34)35)15-19-3-2-4-22(29)25(19)32/h2-8,11-13H,9-10,15-16H2,1H3/b20-13+. The summed E-state index contributed by atoms with van der Waals surface area (Å²) >= 11 is 24.4. The van der Waals surface area contributed by atoms with E-state index in [0.717, 1.165) is 5.56 Å². The van der Waals surface area contributed by atoms with Crippen LogP contribution in [-0.4, -0.2) is 36.7 Å². The molecule has 40 heavy (non-hydrogen) atoms. The van der Waals surface area contributed by atoms with Crippen LogP contribution in [0.5, 0.6) is 11.5 Å². The van der Waals surface area contributed by atoms with E-state index in [1.54, 1.807) is 42.5 Å². The Labute approximate surface area is 249 Å². The van der Waals surface area contributed by atoms with Gasteiger partial charge in [0.15, 0.2) is 5.75 Å². The molecule has 12 heteroatoms. The molecule has 0 unspecified atom stereocenters. The van der Waals surface area contributed by atoms with Gasteiger partial charge in [0.1, 0.15) is 37.2 Å². The Balaban J connectivity index is 1.67. The zero-order valence-corrected chi connectivity index (χ0v) is 23.9. The monoisotopic (exact) mass is 630 g/mol. The quantitative estimate of drug-likeness (QED) is 0.128. The van der Waals surface area contributed by atoms with Gasteiger partial charge in [-0.05, 0) is 60.0 Å². The van der Waals surface area contributed by atoms with E-state index in [1.807, 2.05) is 6.92 Å². The van der Waals surface area contributed by atoms with Gasteiger partial charge in [-0.2, -0.15) is 18.4 Å². The number of amides is 1. The minimum atomic E-state index is -4.71. The molecule has 0 saturated carbocycles. The molecule has 3 aromatic carbocycles. The highest BCUT2D eigenvalue weighted by molar-refractivity contribution is 6.42. The lowest BCUT2D eigenvalue weighted by molar-refractivity contribution is -0.159. The van der Waals surface area contributed by atoms with E-state index in [9.17, 15) is 23.2 Å². The molecule has 1 amide bonds. The maximum absolute atomic E-state index is 13.3. The van der Waals surface area contributed by atoms with Gasteiger partial charge >= 0.3 is 6.18 Å². The molecular formula is C28H21Cl4F3N2O3. The second-order valence-electron chi connectivity index (χ2n) is 8.48. The number of benzene rings is 3. The highest BCUT2D eigenvalue weighted by Gasteiger charge is 2.34. The van der Waals surface area contributed by atoms with Crippen LogP contribution in [0.15, 0.2) is 60.2 Å². The van der Waals surface area contributed by atoms with Crippen LogP contribution in [0.2, 0.25) is 20.1 Å². The van der Waals surface area contributed by atoms with Gasteiger partial charge in [0.25, 0.3) is 5.91 Å². The molecule has 0 aliphatic rings. The van der Waals surface area contributed by atoms with Crippen molar-refractivity contribution in [2.24, 2.45) is 0 Å². The van der Waals surface area contributed by atoms with Gasteiger partial charge in [-0.1, -0.05) is 70.7 Å². The molecule has 0 spiro atoms. The Morgan fingerprint density at radius 3 is 2.20 bits per heavy atom. The number of hydrogen-bond donors (Lipinski definition) is 0. The predicted molar refractivity (Wildman–Crippen MR) is 150 cm³/mol. The number of ether oxygens (including phenoxy) is 2. The van der Waals surface area contributed by atoms with Crippen LogP contribution in [0.3, 0.4) is 0 Å². The Morgan fingerprint density at radius 1 is 0.975 bits per heavy atom. The number of carbonyl (C=O) groups excluding carboxylic acids is 1. The fraction of sp³-hybridized carbons (Fsp3) is 0.214. The van der Waals surface area contributed by atoms with Gasteiger partial charge in [0, 0.05) is 6.54 Å². The van der Waals surface area contributed by atoms with Crippen LogP contribution in [0.4, 0.5) is 13.2 Å². The van der Waals surface area contributed by atoms with Gasteiger partial charge in [-0.3, -0.25) is 4.79 Å². The molecule has 0 aliphatic heterocycles. The summed E-state index contributed by atoms with van der Waals surface area (Å²) < 4.78 is 51.1. The van der Waals surface area contributed by atoms with E-state index >= 15 is 0 Å². The summed E-state index contributed by atoms with van der Waals surface area (Å²) in [6, 6.07) is 15.8. The predicted octanol–water partition coefficient (Wildman–Crippen LogP) is 8.56. The SMILES string of the molecule is Cc1cc(Cl)c(OCCOc2ccc(/C=C(\C#N)C(=O)N(Cc3cccc(Cl)c3Cl)CC(F)(F)F)cc2)c(Cl)c1. The van der Waals surface area contributed by atoms with E-state index in [1.165, 1.54) is 24.3 Å². The first-order valence-electron chi connectivity index (χ1n) is 11.6. The number of hydrogen-bond acceptors (Lipinski definition) is 4. The minimum absolute atomic E-state index is 0.0256. The largest absolute Gasteiger partial charge is 0.490 e. The van der Waals surface area contributed by atoms with Gasteiger partial charge in [-0.15, -0.1) is 0 Å². The molecule has 0 heterocycles. The lowest BCUT2D eigenvalue weighted by Crippen LogP contribution is -2.39. The topological polar surface area (TPSA) is 62.6 Å². The molecule has 0 fully saturated rings. The lowest BCUT2D eigenvalue weighted by atomic mass is 10.1. The summed E-state index contributed by atoms with van der Waals surface area (Å²) in [5.41, 5.74) is 1.02. The summed E-state index contributed by atoms with van der Waals surface area (Å²) in [4.78, 5) is 13.5. The number of halogens is 7. The van der Waals surface area contributed by atoms with Crippen molar-refractivity contribution >= 4 is 58.4 Å². The molecule has 0 radical (unpaired) electrons. The third kappa shape index (κ3) is 8.97. The number of alkyl halides is 3. The molecular weight excluding hydrogens is 611 g/mol. The van der Waals surface area contributed by atoms with Crippen LogP contribution in [-0.2, 0) is 11.3 Å². The average Bonchev–Trinajstić information content (AvgIpc) is 2.88. The number of carbonyl (C=O) groups is 1. The van der Waals surface area contributed by atoms with Crippen molar-refractivity contribution in [3.8, 4) is 17.6 Å². The molecule has 0 atom stereocenters. The molecule has 210 valence electrons. The zero-order valence-electron chi connectivity index (χ0n) is 20.9. The molecule has 3 aromatic rings. The molecule has 0 bridgehead atoms.